The lowest BCUT2D eigenvalue weighted by molar-refractivity contribution is -0.142. The van der Waals surface area contributed by atoms with Gasteiger partial charge in [0.15, 0.2) is 0 Å². The Morgan fingerprint density at radius 1 is 0.374 bits per heavy atom. The minimum Gasteiger partial charge on any atom is -0.480 e. The Labute approximate surface area is 791 Å². The molecule has 0 rings (SSSR count). The number of carbonyl (C=O) groups excluding carboxylic acids is 10. The van der Waals surface area contributed by atoms with E-state index in [-0.39, 0.29) is 108 Å². The maximum atomic E-state index is 12.2. The van der Waals surface area contributed by atoms with E-state index in [1.165, 1.54) is 76.8 Å². The van der Waals surface area contributed by atoms with E-state index in [1.54, 1.807) is 91.6 Å². The summed E-state index contributed by atoms with van der Waals surface area (Å²) in [5, 5.41) is 69.8. The van der Waals surface area contributed by atoms with E-state index >= 15 is 0 Å². The molecule has 11 atom stereocenters. The summed E-state index contributed by atoms with van der Waals surface area (Å²) in [5.74, 6) is -2.29. The molecule has 0 fully saturated rings. The third-order valence-electron chi connectivity index (χ3n) is 16.8. The van der Waals surface area contributed by atoms with Crippen LogP contribution in [0.1, 0.15) is 228 Å². The fourth-order valence-electron chi connectivity index (χ4n) is 8.84. The van der Waals surface area contributed by atoms with Crippen LogP contribution >= 0.6 is 149 Å². The van der Waals surface area contributed by atoms with Gasteiger partial charge in [-0.2, -0.15) is 63.1 Å². The van der Waals surface area contributed by atoms with Crippen LogP contribution in [0.3, 0.4) is 0 Å². The predicted octanol–water partition coefficient (Wildman–Crippen LogP) is 10.5. The molecule has 0 aromatic heterocycles. The maximum absolute atomic E-state index is 12.2. The summed E-state index contributed by atoms with van der Waals surface area (Å²) in [6.07, 6.45) is 11.5. The molecule has 9 amide bonds. The minimum absolute atomic E-state index is 0.0219. The molecule has 0 spiro atoms. The Hall–Kier alpha value is -3.28. The van der Waals surface area contributed by atoms with Crippen LogP contribution in [0.15, 0.2) is 0 Å². The van der Waals surface area contributed by atoms with Gasteiger partial charge in [0.1, 0.15) is 48.1 Å². The zero-order valence-electron chi connectivity index (χ0n) is 75.4. The molecule has 0 aliphatic carbocycles. The summed E-state index contributed by atoms with van der Waals surface area (Å²) < 4.78 is -1.57. The molecule has 123 heavy (non-hydrogen) atoms. The maximum Gasteiger partial charge on any atom is 0.327 e. The van der Waals surface area contributed by atoms with Crippen LogP contribution in [0.4, 0.5) is 0 Å². The first kappa shape index (κ1) is 128. The highest BCUT2D eigenvalue weighted by molar-refractivity contribution is 8.78. The molecule has 718 valence electrons. The molecule has 44 heteroatoms. The van der Waals surface area contributed by atoms with Crippen LogP contribution in [0.25, 0.3) is 0 Å². The molecule has 0 aromatic carbocycles. The van der Waals surface area contributed by atoms with Crippen molar-refractivity contribution in [3.63, 3.8) is 0 Å². The molecule has 0 saturated carbocycles. The molecular weight excluding hydrogens is 1840 g/mol. The first-order valence-electron chi connectivity index (χ1n) is 40.9. The van der Waals surface area contributed by atoms with Crippen LogP contribution in [0, 0.1) is 35.0 Å². The van der Waals surface area contributed by atoms with Crippen LogP contribution in [0.2, 0.25) is 0 Å². The van der Waals surface area contributed by atoms with E-state index in [1.807, 2.05) is 27.7 Å². The van der Waals surface area contributed by atoms with Gasteiger partial charge in [-0.1, -0.05) is 215 Å². The van der Waals surface area contributed by atoms with Crippen molar-refractivity contribution < 1.29 is 97.5 Å². The van der Waals surface area contributed by atoms with Gasteiger partial charge in [-0.3, -0.25) is 52.7 Å². The number of Topliss-reactive ketones (excluding diaryl/α,β-unsaturated/α-hetero) is 1. The summed E-state index contributed by atoms with van der Waals surface area (Å²) in [6.45, 7) is 37.3. The summed E-state index contributed by atoms with van der Waals surface area (Å²) in [7, 11) is 12.2. The first-order chi connectivity index (χ1) is 56.8. The Morgan fingerprint density at radius 3 is 1.03 bits per heavy atom. The van der Waals surface area contributed by atoms with E-state index in [2.05, 4.69) is 153 Å². The van der Waals surface area contributed by atoms with Gasteiger partial charge < -0.3 is 84.9 Å². The standard InChI is InChI=1S/C25H46N2O6S5.C20H36N2O6S4.C13H25N3O3S.C12H23N3O4S.C9H19NOS2/c1-16(2)10-8-9-11-17(38-37-15-19(21(30)31)26-22(32)24(3,4)5)12-13-35-36-14-18(20(28)29)27-23(33)25(6,7)34;1-13(2)7-5-6-8-16(32-31-12-18(20(27)28)22-15(4)24)9-10-29-30-11-17(19(25)26)21-14(3)23;1-8(2)10(14)4-5-12(18)16-11(7-20)13(19)15-6-9(3)17;1-7(2)5-14-11(17)9(6-20)15-10(16)4-3-8(13)12(18)19;1-6(2)7(5-12)10-8(11)9(3,4)13/h16-19,34H,8-15H2,1-7H3,(H,26,32)(H,27,33)(H,28,29)(H,30,31);13,16-18H,5-12H2,1-4H3,(H,21,23)(H,22,24)(H,25,26)(H,27,28);8,10-11,20H,4-7,14H2,1-3H3,(H,15,19)(H,16,18);7-9,20H,3-6,13H2,1-2H3,(H,14,17)(H,15,16)(H,18,19);6-7,12-13H,5H2,1-4H3,(H,10,11). The second kappa shape index (κ2) is 73.4. The molecule has 0 aliphatic heterocycles. The van der Waals surface area contributed by atoms with Crippen molar-refractivity contribution in [1.82, 2.24) is 47.9 Å². The fraction of sp³-hybridized carbons (Fsp3) is 0.810. The third-order valence-corrected chi connectivity index (χ3v) is 29.2. The summed E-state index contributed by atoms with van der Waals surface area (Å²) in [5.41, 5.74) is 10.5. The van der Waals surface area contributed by atoms with Crippen molar-refractivity contribution in [3.05, 3.63) is 0 Å². The average molecular weight is 1990 g/mol. The van der Waals surface area contributed by atoms with Gasteiger partial charge in [0.2, 0.25) is 53.2 Å². The first-order valence-corrected chi connectivity index (χ1v) is 53.4. The van der Waals surface area contributed by atoms with Crippen molar-refractivity contribution in [2.24, 2.45) is 46.5 Å². The van der Waals surface area contributed by atoms with Crippen molar-refractivity contribution in [1.29, 1.82) is 0 Å². The van der Waals surface area contributed by atoms with Crippen molar-refractivity contribution in [2.45, 2.75) is 303 Å². The number of hydrogen-bond acceptors (Lipinski definition) is 30. The van der Waals surface area contributed by atoms with Crippen LogP contribution in [0.5, 0.6) is 0 Å². The molecule has 31 nitrogen and oxygen atoms in total. The highest BCUT2D eigenvalue weighted by Gasteiger charge is 2.32. The monoisotopic (exact) mass is 1990 g/mol. The number of carbonyl (C=O) groups is 15. The molecule has 0 aliphatic rings. The largest absolute Gasteiger partial charge is 0.480 e. The summed E-state index contributed by atoms with van der Waals surface area (Å²) in [4.78, 5) is 172. The molecule has 0 radical (unpaired) electrons. The molecule has 18 N–H and O–H groups in total. The number of nitrogens with two attached hydrogens (primary N) is 2. The number of unbranched alkanes of at least 4 members (excludes halogenated alkanes) is 2. The lowest BCUT2D eigenvalue weighted by Crippen LogP contribution is -2.49. The second-order valence-corrected chi connectivity index (χ2v) is 47.0. The zero-order valence-corrected chi connectivity index (χ0v) is 86.4. The number of amides is 9. The molecular formula is C79H149N11O20S13. The topological polar surface area (TPSA) is 518 Å². The van der Waals surface area contributed by atoms with E-state index in [0.29, 0.717) is 64.6 Å². The van der Waals surface area contributed by atoms with Gasteiger partial charge in [0.25, 0.3) is 0 Å². The number of thiol groups is 5. The van der Waals surface area contributed by atoms with Gasteiger partial charge in [-0.15, -0.1) is 0 Å². The molecule has 0 heterocycles. The van der Waals surface area contributed by atoms with Gasteiger partial charge in [-0.05, 0) is 103 Å². The van der Waals surface area contributed by atoms with Crippen LogP contribution in [-0.4, -0.2) is 254 Å². The Morgan fingerprint density at radius 2 is 0.724 bits per heavy atom. The van der Waals surface area contributed by atoms with E-state index in [4.69, 9.17) is 21.7 Å². The van der Waals surface area contributed by atoms with Gasteiger partial charge in [0, 0.05) is 113 Å². The smallest absolute Gasteiger partial charge is 0.327 e. The molecule has 11 unspecified atom stereocenters. The zero-order chi connectivity index (χ0) is 96.1. The number of hydrogen-bond donors (Lipinski definition) is 21. The number of carboxylic acids is 5. The highest BCUT2D eigenvalue weighted by Crippen LogP contribution is 2.37. The highest BCUT2D eigenvalue weighted by atomic mass is 33.1. The average Bonchev–Trinajstić information content (AvgIpc) is 0.899. The van der Waals surface area contributed by atoms with Crippen molar-refractivity contribution in [3.8, 4) is 0 Å². The van der Waals surface area contributed by atoms with Gasteiger partial charge >= 0.3 is 29.8 Å². The van der Waals surface area contributed by atoms with E-state index < -0.39 is 105 Å². The lowest BCUT2D eigenvalue weighted by atomic mass is 9.95. The lowest BCUT2D eigenvalue weighted by Gasteiger charge is -2.25. The minimum atomic E-state index is -1.15. The van der Waals surface area contributed by atoms with Crippen LogP contribution < -0.4 is 59.3 Å². The normalized spacial score (nSPS) is 14.1. The summed E-state index contributed by atoms with van der Waals surface area (Å²) >= 11 is 20.6. The van der Waals surface area contributed by atoms with E-state index in [0.717, 1.165) is 62.9 Å². The van der Waals surface area contributed by atoms with Crippen molar-refractivity contribution in [2.75, 3.05) is 64.9 Å². The van der Waals surface area contributed by atoms with Gasteiger partial charge in [0.05, 0.1) is 16.0 Å². The number of aliphatic carboxylic acids is 5. The Balaban J connectivity index is -0.000000493. The van der Waals surface area contributed by atoms with Crippen LogP contribution in [-0.2, 0) is 71.9 Å². The molecule has 0 saturated heterocycles. The number of ketones is 1. The third kappa shape index (κ3) is 75.1. The Kier molecular flexibility index (Phi) is 76.5. The van der Waals surface area contributed by atoms with Crippen molar-refractivity contribution >= 4 is 238 Å². The predicted molar refractivity (Wildman–Crippen MR) is 529 cm³/mol. The molecule has 0 bridgehead atoms. The SMILES string of the molecule is CC(=O)CNC(=O)C(CS)NC(=O)CCC(N)C(C)C.CC(=O)NC(CSSCCC(CCCCC(C)C)SSCC(NC(C)=O)C(=O)O)C(=O)O.CC(C)C(CS)NC(=O)C(C)(C)S.CC(C)CCCCC(CCSSCC(NC(=O)C(C)(C)S)C(=O)O)SSCC(NC(=O)C(C)(C)C)C(=O)O.CC(C)CNC(=O)C(CS)NC(=O)CCC(N)C(=O)O. The number of rotatable bonds is 61. The summed E-state index contributed by atoms with van der Waals surface area (Å²) in [6, 6.07) is -6.20. The Bertz CT molecular complexity index is 3110. The van der Waals surface area contributed by atoms with E-state index in [9.17, 15) is 87.2 Å². The molecule has 0 aromatic rings. The van der Waals surface area contributed by atoms with Gasteiger partial charge in [-0.25, -0.2) is 19.2 Å². The second-order valence-electron chi connectivity index (χ2n) is 33.0. The number of carboxylic acid groups (broad SMARTS) is 5. The quantitative estimate of drug-likeness (QED) is 0.0153. The fourth-order valence-corrected chi connectivity index (χ4v) is 20.7. The number of nitrogens with one attached hydrogen (secondary N) is 9.